The normalized spacial score (nSPS) is 12.5. The molecule has 0 saturated carbocycles. The molecular formula is C17H20N4O3. The van der Waals surface area contributed by atoms with Crippen molar-refractivity contribution in [2.24, 2.45) is 0 Å². The van der Waals surface area contributed by atoms with Crippen LogP contribution < -0.4 is 20.1 Å². The van der Waals surface area contributed by atoms with E-state index in [1.807, 2.05) is 18.2 Å². The number of rotatable bonds is 6. The summed E-state index contributed by atoms with van der Waals surface area (Å²) in [4.78, 5) is 20.5. The molecule has 2 aromatic rings. The molecule has 1 aliphatic heterocycles. The molecule has 0 bridgehead atoms. The average Bonchev–Trinajstić information content (AvgIpc) is 2.62. The fraction of sp³-hybridized carbons (Fsp3) is 0.353. The van der Waals surface area contributed by atoms with E-state index in [4.69, 9.17) is 9.47 Å². The molecule has 7 nitrogen and oxygen atoms in total. The first-order chi connectivity index (χ1) is 11.8. The van der Waals surface area contributed by atoms with Crippen LogP contribution in [-0.2, 0) is 0 Å². The van der Waals surface area contributed by atoms with E-state index in [0.29, 0.717) is 37.2 Å². The molecule has 7 heteroatoms. The highest BCUT2D eigenvalue weighted by Gasteiger charge is 2.13. The van der Waals surface area contributed by atoms with Gasteiger partial charge in [0.15, 0.2) is 11.5 Å². The third kappa shape index (κ3) is 3.92. The average molecular weight is 328 g/mol. The Morgan fingerprint density at radius 3 is 2.88 bits per heavy atom. The lowest BCUT2D eigenvalue weighted by molar-refractivity contribution is 0.0948. The summed E-state index contributed by atoms with van der Waals surface area (Å²) in [6.07, 6.45) is 3.53. The first kappa shape index (κ1) is 16.0. The lowest BCUT2D eigenvalue weighted by Gasteiger charge is -2.19. The molecule has 0 atom stereocenters. The van der Waals surface area contributed by atoms with Crippen molar-refractivity contribution in [3.05, 3.63) is 36.2 Å². The maximum absolute atomic E-state index is 12.1. The van der Waals surface area contributed by atoms with Crippen LogP contribution in [0.1, 0.15) is 30.3 Å². The standard InChI is InChI=1S/C17H20N4O3/c1-2-3-7-18-16(22)13-6-8-19-17(21-13)20-12-4-5-14-15(11-12)24-10-9-23-14/h4-6,8,11H,2-3,7,9-10H2,1H3,(H,18,22)(H,19,20,21). The molecule has 1 aliphatic rings. The zero-order valence-electron chi connectivity index (χ0n) is 13.5. The van der Waals surface area contributed by atoms with E-state index in [0.717, 1.165) is 24.3 Å². The number of hydrogen-bond donors (Lipinski definition) is 2. The van der Waals surface area contributed by atoms with Crippen LogP contribution in [0.15, 0.2) is 30.5 Å². The van der Waals surface area contributed by atoms with Crippen molar-refractivity contribution in [3.63, 3.8) is 0 Å². The van der Waals surface area contributed by atoms with Crippen molar-refractivity contribution in [1.29, 1.82) is 0 Å². The predicted octanol–water partition coefficient (Wildman–Crippen LogP) is 2.52. The summed E-state index contributed by atoms with van der Waals surface area (Å²) in [5.74, 6) is 1.56. The molecule has 0 spiro atoms. The third-order valence-corrected chi connectivity index (χ3v) is 3.50. The number of nitrogens with one attached hydrogen (secondary N) is 2. The molecule has 24 heavy (non-hydrogen) atoms. The smallest absolute Gasteiger partial charge is 0.270 e. The number of fused-ring (bicyclic) bond motifs is 1. The van der Waals surface area contributed by atoms with Crippen molar-refractivity contribution in [3.8, 4) is 11.5 Å². The molecule has 1 aromatic carbocycles. The van der Waals surface area contributed by atoms with E-state index < -0.39 is 0 Å². The topological polar surface area (TPSA) is 85.4 Å². The number of ether oxygens (including phenoxy) is 2. The number of amides is 1. The van der Waals surface area contributed by atoms with Crippen LogP contribution in [-0.4, -0.2) is 35.6 Å². The van der Waals surface area contributed by atoms with Gasteiger partial charge < -0.3 is 20.1 Å². The van der Waals surface area contributed by atoms with Gasteiger partial charge in [-0.05, 0) is 24.6 Å². The Morgan fingerprint density at radius 2 is 2.04 bits per heavy atom. The molecule has 0 fully saturated rings. The minimum absolute atomic E-state index is 0.198. The Labute approximate surface area is 140 Å². The number of carbonyl (C=O) groups excluding carboxylic acids is 1. The summed E-state index contributed by atoms with van der Waals surface area (Å²) in [5, 5.41) is 5.92. The van der Waals surface area contributed by atoms with Crippen molar-refractivity contribution >= 4 is 17.5 Å². The van der Waals surface area contributed by atoms with E-state index in [-0.39, 0.29) is 5.91 Å². The summed E-state index contributed by atoms with van der Waals surface area (Å²) in [6.45, 7) is 3.80. The fourth-order valence-electron chi connectivity index (χ4n) is 2.26. The van der Waals surface area contributed by atoms with E-state index in [1.54, 1.807) is 12.3 Å². The van der Waals surface area contributed by atoms with E-state index in [1.165, 1.54) is 0 Å². The van der Waals surface area contributed by atoms with Gasteiger partial charge >= 0.3 is 0 Å². The van der Waals surface area contributed by atoms with Crippen LogP contribution in [0.2, 0.25) is 0 Å². The van der Waals surface area contributed by atoms with Crippen molar-refractivity contribution in [1.82, 2.24) is 15.3 Å². The monoisotopic (exact) mass is 328 g/mol. The van der Waals surface area contributed by atoms with E-state index >= 15 is 0 Å². The molecule has 2 N–H and O–H groups in total. The zero-order valence-corrected chi connectivity index (χ0v) is 13.5. The summed E-state index contributed by atoms with van der Waals surface area (Å²) in [7, 11) is 0. The van der Waals surface area contributed by atoms with Crippen LogP contribution >= 0.6 is 0 Å². The van der Waals surface area contributed by atoms with E-state index in [2.05, 4.69) is 27.5 Å². The summed E-state index contributed by atoms with van der Waals surface area (Å²) < 4.78 is 11.0. The number of nitrogens with zero attached hydrogens (tertiary/aromatic N) is 2. The number of hydrogen-bond acceptors (Lipinski definition) is 6. The minimum Gasteiger partial charge on any atom is -0.486 e. The molecule has 1 amide bonds. The highest BCUT2D eigenvalue weighted by Crippen LogP contribution is 2.33. The van der Waals surface area contributed by atoms with Crippen LogP contribution in [0.25, 0.3) is 0 Å². The highest BCUT2D eigenvalue weighted by molar-refractivity contribution is 5.92. The molecule has 126 valence electrons. The van der Waals surface area contributed by atoms with Gasteiger partial charge in [0.2, 0.25) is 5.95 Å². The number of carbonyl (C=O) groups is 1. The van der Waals surface area contributed by atoms with Gasteiger partial charge in [-0.25, -0.2) is 9.97 Å². The second-order valence-electron chi connectivity index (χ2n) is 5.36. The third-order valence-electron chi connectivity index (χ3n) is 3.50. The Morgan fingerprint density at radius 1 is 1.21 bits per heavy atom. The summed E-state index contributed by atoms with van der Waals surface area (Å²) >= 11 is 0. The number of benzene rings is 1. The second kappa shape index (κ2) is 7.63. The van der Waals surface area contributed by atoms with Gasteiger partial charge in [-0.15, -0.1) is 0 Å². The van der Waals surface area contributed by atoms with Crippen molar-refractivity contribution < 1.29 is 14.3 Å². The maximum Gasteiger partial charge on any atom is 0.270 e. The minimum atomic E-state index is -0.198. The first-order valence-electron chi connectivity index (χ1n) is 8.04. The Balaban J connectivity index is 1.69. The van der Waals surface area contributed by atoms with Crippen molar-refractivity contribution in [2.75, 3.05) is 25.1 Å². The number of anilines is 2. The number of aromatic nitrogens is 2. The van der Waals surface area contributed by atoms with Gasteiger partial charge in [0, 0.05) is 24.5 Å². The summed E-state index contributed by atoms with van der Waals surface area (Å²) in [6, 6.07) is 7.10. The SMILES string of the molecule is CCCCNC(=O)c1ccnc(Nc2ccc3c(c2)OCCO3)n1. The lowest BCUT2D eigenvalue weighted by atomic mass is 10.2. The van der Waals surface area contributed by atoms with Gasteiger partial charge in [-0.2, -0.15) is 0 Å². The van der Waals surface area contributed by atoms with Gasteiger partial charge in [-0.3, -0.25) is 4.79 Å². The predicted molar refractivity (Wildman–Crippen MR) is 90.0 cm³/mol. The lowest BCUT2D eigenvalue weighted by Crippen LogP contribution is -2.25. The molecule has 0 unspecified atom stereocenters. The Kier molecular flexibility index (Phi) is 5.10. The van der Waals surface area contributed by atoms with E-state index in [9.17, 15) is 4.79 Å². The maximum atomic E-state index is 12.1. The van der Waals surface area contributed by atoms with Gasteiger partial charge in [0.05, 0.1) is 0 Å². The second-order valence-corrected chi connectivity index (χ2v) is 5.36. The molecule has 3 rings (SSSR count). The quantitative estimate of drug-likeness (QED) is 0.793. The fourth-order valence-corrected chi connectivity index (χ4v) is 2.26. The molecule has 0 saturated heterocycles. The van der Waals surface area contributed by atoms with Gasteiger partial charge in [0.1, 0.15) is 18.9 Å². The zero-order chi connectivity index (χ0) is 16.8. The molecule has 0 aliphatic carbocycles. The first-order valence-corrected chi connectivity index (χ1v) is 8.04. The largest absolute Gasteiger partial charge is 0.486 e. The van der Waals surface area contributed by atoms with Crippen LogP contribution in [0, 0.1) is 0 Å². The molecule has 2 heterocycles. The molecule has 0 radical (unpaired) electrons. The molecular weight excluding hydrogens is 308 g/mol. The highest BCUT2D eigenvalue weighted by atomic mass is 16.6. The van der Waals surface area contributed by atoms with Crippen LogP contribution in [0.3, 0.4) is 0 Å². The van der Waals surface area contributed by atoms with Gasteiger partial charge in [0.25, 0.3) is 5.91 Å². The molecule has 1 aromatic heterocycles. The van der Waals surface area contributed by atoms with Crippen LogP contribution in [0.5, 0.6) is 11.5 Å². The summed E-state index contributed by atoms with van der Waals surface area (Å²) in [5.41, 5.74) is 1.10. The Hall–Kier alpha value is -2.83. The van der Waals surface area contributed by atoms with Gasteiger partial charge in [-0.1, -0.05) is 13.3 Å². The van der Waals surface area contributed by atoms with Crippen LogP contribution in [0.4, 0.5) is 11.6 Å². The number of unbranched alkanes of at least 4 members (excludes halogenated alkanes) is 1. The van der Waals surface area contributed by atoms with Crippen molar-refractivity contribution in [2.45, 2.75) is 19.8 Å². The Bertz CT molecular complexity index is 721.